The fourth-order valence-corrected chi connectivity index (χ4v) is 7.52. The van der Waals surface area contributed by atoms with Gasteiger partial charge in [0.15, 0.2) is 0 Å². The molecule has 2 nitrogen and oxygen atoms in total. The van der Waals surface area contributed by atoms with E-state index in [9.17, 15) is 4.79 Å². The third-order valence-corrected chi connectivity index (χ3v) is 9.77. The van der Waals surface area contributed by atoms with E-state index in [1.807, 2.05) is 6.92 Å². The molecule has 0 aromatic carbocycles. The summed E-state index contributed by atoms with van der Waals surface area (Å²) in [6.45, 7) is 9.91. The monoisotopic (exact) mass is 418 g/mol. The highest BCUT2D eigenvalue weighted by atomic mass is 16.5. The van der Waals surface area contributed by atoms with E-state index in [1.165, 1.54) is 77.0 Å². The van der Waals surface area contributed by atoms with Gasteiger partial charge in [-0.15, -0.1) is 0 Å². The summed E-state index contributed by atoms with van der Waals surface area (Å²) in [5, 5.41) is 0. The molecule has 3 aliphatic carbocycles. The molecular formula is C28H50O2. The lowest BCUT2D eigenvalue weighted by atomic mass is 9.63. The van der Waals surface area contributed by atoms with Crippen LogP contribution in [0.4, 0.5) is 0 Å². The van der Waals surface area contributed by atoms with E-state index < -0.39 is 0 Å². The van der Waals surface area contributed by atoms with Crippen molar-refractivity contribution in [3.63, 3.8) is 0 Å². The molecule has 3 fully saturated rings. The third kappa shape index (κ3) is 6.26. The van der Waals surface area contributed by atoms with Gasteiger partial charge in [-0.05, 0) is 113 Å². The smallest absolute Gasteiger partial charge is 0.308 e. The van der Waals surface area contributed by atoms with E-state index in [1.54, 1.807) is 0 Å². The van der Waals surface area contributed by atoms with Crippen LogP contribution in [0.2, 0.25) is 0 Å². The zero-order valence-electron chi connectivity index (χ0n) is 20.5. The molecule has 174 valence electrons. The average Bonchev–Trinajstić information content (AvgIpc) is 2.79. The lowest BCUT2D eigenvalue weighted by molar-refractivity contribution is -0.149. The Morgan fingerprint density at radius 3 is 1.50 bits per heavy atom. The molecule has 0 heterocycles. The first-order valence-electron chi connectivity index (χ1n) is 13.7. The van der Waals surface area contributed by atoms with Crippen molar-refractivity contribution in [2.45, 2.75) is 118 Å². The molecule has 0 saturated heterocycles. The minimum absolute atomic E-state index is 0.0572. The molecule has 0 amide bonds. The van der Waals surface area contributed by atoms with Gasteiger partial charge in [0.2, 0.25) is 0 Å². The van der Waals surface area contributed by atoms with E-state index >= 15 is 0 Å². The largest absolute Gasteiger partial charge is 0.466 e. The zero-order chi connectivity index (χ0) is 21.5. The molecule has 0 aromatic heterocycles. The molecule has 0 aromatic rings. The Labute approximate surface area is 187 Å². The highest BCUT2D eigenvalue weighted by Crippen LogP contribution is 2.46. The third-order valence-electron chi connectivity index (χ3n) is 9.77. The second-order valence-electron chi connectivity index (χ2n) is 11.3. The summed E-state index contributed by atoms with van der Waals surface area (Å²) >= 11 is 0. The molecule has 0 spiro atoms. The summed E-state index contributed by atoms with van der Waals surface area (Å²) in [4.78, 5) is 12.0. The van der Waals surface area contributed by atoms with Crippen molar-refractivity contribution in [1.82, 2.24) is 0 Å². The van der Waals surface area contributed by atoms with Crippen molar-refractivity contribution in [2.24, 2.45) is 47.3 Å². The van der Waals surface area contributed by atoms with Crippen molar-refractivity contribution < 1.29 is 9.53 Å². The minimum Gasteiger partial charge on any atom is -0.466 e. The Kier molecular flexibility index (Phi) is 9.58. The Morgan fingerprint density at radius 2 is 1.10 bits per heavy atom. The Morgan fingerprint density at radius 1 is 0.700 bits per heavy atom. The van der Waals surface area contributed by atoms with Crippen LogP contribution in [0.1, 0.15) is 118 Å². The maximum Gasteiger partial charge on any atom is 0.308 e. The summed E-state index contributed by atoms with van der Waals surface area (Å²) in [7, 11) is 0. The molecule has 2 atom stereocenters. The highest BCUT2D eigenvalue weighted by molar-refractivity contribution is 5.72. The summed E-state index contributed by atoms with van der Waals surface area (Å²) < 4.78 is 5.26. The van der Waals surface area contributed by atoms with Gasteiger partial charge in [0.25, 0.3) is 0 Å². The lowest BCUT2D eigenvalue weighted by Gasteiger charge is -2.42. The van der Waals surface area contributed by atoms with Crippen LogP contribution in [0.15, 0.2) is 0 Å². The van der Waals surface area contributed by atoms with E-state index in [0.717, 1.165) is 54.3 Å². The molecule has 3 saturated carbocycles. The summed E-state index contributed by atoms with van der Waals surface area (Å²) in [5.41, 5.74) is 0. The van der Waals surface area contributed by atoms with Crippen molar-refractivity contribution >= 4 is 5.97 Å². The van der Waals surface area contributed by atoms with Crippen molar-refractivity contribution in [3.05, 3.63) is 0 Å². The van der Waals surface area contributed by atoms with Crippen LogP contribution >= 0.6 is 0 Å². The van der Waals surface area contributed by atoms with Crippen LogP contribution in [0, 0.1) is 47.3 Å². The molecular weight excluding hydrogens is 368 g/mol. The number of esters is 1. The maximum atomic E-state index is 12.0. The van der Waals surface area contributed by atoms with Crippen LogP contribution in [0.25, 0.3) is 0 Å². The topological polar surface area (TPSA) is 26.3 Å². The van der Waals surface area contributed by atoms with E-state index in [4.69, 9.17) is 4.74 Å². The van der Waals surface area contributed by atoms with Crippen molar-refractivity contribution in [2.75, 3.05) is 6.61 Å². The Hall–Kier alpha value is -0.530. The van der Waals surface area contributed by atoms with Gasteiger partial charge in [0, 0.05) is 0 Å². The number of carbonyl (C=O) groups is 1. The maximum absolute atomic E-state index is 12.0. The number of rotatable bonds is 8. The molecule has 0 bridgehead atoms. The number of hydrogen-bond donors (Lipinski definition) is 0. The average molecular weight is 419 g/mol. The molecule has 3 aliphatic rings. The van der Waals surface area contributed by atoms with Gasteiger partial charge in [-0.2, -0.15) is 0 Å². The van der Waals surface area contributed by atoms with Crippen molar-refractivity contribution in [3.8, 4) is 0 Å². The molecule has 2 heteroatoms. The fourth-order valence-electron chi connectivity index (χ4n) is 7.52. The van der Waals surface area contributed by atoms with Crippen LogP contribution in [0.3, 0.4) is 0 Å². The van der Waals surface area contributed by atoms with Gasteiger partial charge < -0.3 is 4.74 Å². The zero-order valence-corrected chi connectivity index (χ0v) is 20.5. The number of carbonyl (C=O) groups excluding carboxylic acids is 1. The van der Waals surface area contributed by atoms with Gasteiger partial charge in [-0.1, -0.05) is 46.5 Å². The second-order valence-corrected chi connectivity index (χ2v) is 11.3. The lowest BCUT2D eigenvalue weighted by Crippen LogP contribution is -2.33. The molecule has 2 unspecified atom stereocenters. The SMILES string of the molecule is CCCC1CCC(C(C)C2CCC(C(C)C3CCC(C(=O)OCC)CC3)CC2)CC1. The fraction of sp³-hybridized carbons (Fsp3) is 0.964. The number of hydrogen-bond acceptors (Lipinski definition) is 2. The summed E-state index contributed by atoms with van der Waals surface area (Å²) in [6.07, 6.45) is 19.3. The molecule has 0 aliphatic heterocycles. The van der Waals surface area contributed by atoms with E-state index in [0.29, 0.717) is 6.61 Å². The summed E-state index contributed by atoms with van der Waals surface area (Å²) in [6, 6.07) is 0. The minimum atomic E-state index is 0.0572. The van der Waals surface area contributed by atoms with Gasteiger partial charge in [-0.3, -0.25) is 4.79 Å². The van der Waals surface area contributed by atoms with Crippen LogP contribution < -0.4 is 0 Å². The molecule has 3 rings (SSSR count). The van der Waals surface area contributed by atoms with Gasteiger partial charge >= 0.3 is 5.97 Å². The van der Waals surface area contributed by atoms with E-state index in [-0.39, 0.29) is 11.9 Å². The molecule has 0 N–H and O–H groups in total. The predicted molar refractivity (Wildman–Crippen MR) is 126 cm³/mol. The van der Waals surface area contributed by atoms with Crippen LogP contribution in [-0.2, 0) is 9.53 Å². The number of ether oxygens (including phenoxy) is 1. The van der Waals surface area contributed by atoms with E-state index in [2.05, 4.69) is 20.8 Å². The second kappa shape index (κ2) is 11.9. The first kappa shape index (κ1) is 24.1. The quantitative estimate of drug-likeness (QED) is 0.373. The van der Waals surface area contributed by atoms with Crippen molar-refractivity contribution in [1.29, 1.82) is 0 Å². The van der Waals surface area contributed by atoms with Crippen LogP contribution in [0.5, 0.6) is 0 Å². The Balaban J connectivity index is 1.38. The first-order chi connectivity index (χ1) is 14.5. The Bertz CT molecular complexity index is 491. The van der Waals surface area contributed by atoms with Crippen LogP contribution in [-0.4, -0.2) is 12.6 Å². The first-order valence-corrected chi connectivity index (χ1v) is 13.7. The van der Waals surface area contributed by atoms with Gasteiger partial charge in [0.1, 0.15) is 0 Å². The highest BCUT2D eigenvalue weighted by Gasteiger charge is 2.36. The standard InChI is InChI=1S/C28H50O2/c1-5-7-22-8-10-23(11-9-22)20(3)24-12-14-25(15-13-24)21(4)26-16-18-27(19-17-26)28(29)30-6-2/h20-27H,5-19H2,1-4H3. The predicted octanol–water partition coefficient (Wildman–Crippen LogP) is 8.04. The molecule has 0 radical (unpaired) electrons. The normalized spacial score (nSPS) is 37.3. The van der Waals surface area contributed by atoms with Gasteiger partial charge in [0.05, 0.1) is 12.5 Å². The summed E-state index contributed by atoms with van der Waals surface area (Å²) in [5.74, 6) is 6.82. The van der Waals surface area contributed by atoms with Gasteiger partial charge in [-0.25, -0.2) is 0 Å². The molecule has 30 heavy (non-hydrogen) atoms.